The Labute approximate surface area is 226 Å². The Hall–Kier alpha value is -3.26. The van der Waals surface area contributed by atoms with Crippen LogP contribution in [0.1, 0.15) is 37.8 Å². The monoisotopic (exact) mass is 513 g/mol. The highest BCUT2D eigenvalue weighted by molar-refractivity contribution is 5.63. The molecule has 38 heavy (non-hydrogen) atoms. The molecular weight excluding hydrogens is 474 g/mol. The Morgan fingerprint density at radius 1 is 1.05 bits per heavy atom. The smallest absolute Gasteiger partial charge is 0.227 e. The van der Waals surface area contributed by atoms with Crippen LogP contribution >= 0.6 is 0 Å². The molecule has 1 aromatic heterocycles. The van der Waals surface area contributed by atoms with Crippen molar-refractivity contribution >= 4 is 11.6 Å². The second-order valence-corrected chi connectivity index (χ2v) is 10.3. The van der Waals surface area contributed by atoms with E-state index in [9.17, 15) is 0 Å². The van der Waals surface area contributed by atoms with Gasteiger partial charge in [-0.15, -0.1) is 0 Å². The number of benzene rings is 2. The van der Waals surface area contributed by atoms with E-state index in [-0.39, 0.29) is 0 Å². The van der Waals surface area contributed by atoms with Crippen LogP contribution in [0.5, 0.6) is 5.75 Å². The summed E-state index contributed by atoms with van der Waals surface area (Å²) in [5.41, 5.74) is 5.15. The van der Waals surface area contributed by atoms with Crippen LogP contribution in [0.3, 0.4) is 0 Å². The Morgan fingerprint density at radius 3 is 2.82 bits per heavy atom. The Kier molecular flexibility index (Phi) is 9.02. The highest BCUT2D eigenvalue weighted by Crippen LogP contribution is 2.28. The summed E-state index contributed by atoms with van der Waals surface area (Å²) in [6.45, 7) is 11.3. The number of fused-ring (bicyclic) bond motifs is 7. The van der Waals surface area contributed by atoms with Crippen LogP contribution < -0.4 is 10.1 Å². The maximum atomic E-state index is 6.35. The van der Waals surface area contributed by atoms with E-state index >= 15 is 0 Å². The van der Waals surface area contributed by atoms with Crippen molar-refractivity contribution < 1.29 is 9.47 Å². The molecule has 2 aromatic carbocycles. The van der Waals surface area contributed by atoms with Crippen LogP contribution in [0.25, 0.3) is 11.3 Å². The van der Waals surface area contributed by atoms with Crippen LogP contribution in [0, 0.1) is 0 Å². The Bertz CT molecular complexity index is 1220. The lowest BCUT2D eigenvalue weighted by Gasteiger charge is -2.27. The van der Waals surface area contributed by atoms with Crippen LogP contribution in [0.4, 0.5) is 11.6 Å². The van der Waals surface area contributed by atoms with Gasteiger partial charge in [-0.3, -0.25) is 9.80 Å². The molecule has 1 N–H and O–H groups in total. The quantitative estimate of drug-likeness (QED) is 0.442. The summed E-state index contributed by atoms with van der Waals surface area (Å²) in [5.74, 6) is 1.51. The van der Waals surface area contributed by atoms with E-state index in [0.29, 0.717) is 31.8 Å². The molecule has 6 bridgehead atoms. The van der Waals surface area contributed by atoms with E-state index in [2.05, 4.69) is 82.5 Å². The molecule has 7 heteroatoms. The average Bonchev–Trinajstić information content (AvgIpc) is 3.44. The molecule has 0 saturated carbocycles. The fourth-order valence-corrected chi connectivity index (χ4v) is 4.94. The molecule has 3 aromatic rings. The van der Waals surface area contributed by atoms with E-state index in [0.717, 1.165) is 53.5 Å². The molecule has 0 spiro atoms. The van der Waals surface area contributed by atoms with E-state index in [1.54, 1.807) is 6.20 Å². The summed E-state index contributed by atoms with van der Waals surface area (Å²) in [4.78, 5) is 14.2. The molecule has 5 rings (SSSR count). The molecule has 0 unspecified atom stereocenters. The molecule has 0 amide bonds. The number of hydrogen-bond donors (Lipinski definition) is 1. The van der Waals surface area contributed by atoms with Crippen LogP contribution in [-0.2, 0) is 17.9 Å². The summed E-state index contributed by atoms with van der Waals surface area (Å²) < 4.78 is 12.3. The van der Waals surface area contributed by atoms with Gasteiger partial charge in [0.1, 0.15) is 12.4 Å². The van der Waals surface area contributed by atoms with Gasteiger partial charge in [0, 0.05) is 48.7 Å². The molecule has 0 atom stereocenters. The van der Waals surface area contributed by atoms with Crippen molar-refractivity contribution in [2.24, 2.45) is 0 Å². The van der Waals surface area contributed by atoms with Gasteiger partial charge in [0.05, 0.1) is 18.9 Å². The molecule has 0 radical (unpaired) electrons. The first-order valence-corrected chi connectivity index (χ1v) is 13.8. The first-order valence-electron chi connectivity index (χ1n) is 13.8. The maximum absolute atomic E-state index is 6.35. The number of ether oxygens (including phenoxy) is 2. The maximum Gasteiger partial charge on any atom is 0.227 e. The first-order chi connectivity index (χ1) is 18.6. The van der Waals surface area contributed by atoms with Gasteiger partial charge < -0.3 is 14.8 Å². The minimum absolute atomic E-state index is 0.378. The molecule has 2 aliphatic heterocycles. The topological polar surface area (TPSA) is 62.8 Å². The van der Waals surface area contributed by atoms with Gasteiger partial charge in [0.25, 0.3) is 0 Å². The highest BCUT2D eigenvalue weighted by atomic mass is 16.5. The predicted octanol–water partition coefficient (Wildman–Crippen LogP) is 5.66. The third kappa shape index (κ3) is 7.19. The molecule has 200 valence electrons. The number of nitrogens with one attached hydrogen (secondary N) is 1. The third-order valence-corrected chi connectivity index (χ3v) is 7.15. The van der Waals surface area contributed by atoms with Gasteiger partial charge in [-0.1, -0.05) is 30.4 Å². The number of rotatable bonds is 5. The van der Waals surface area contributed by atoms with Crippen LogP contribution in [0.15, 0.2) is 66.9 Å². The van der Waals surface area contributed by atoms with E-state index in [4.69, 9.17) is 14.5 Å². The average molecular weight is 514 g/mol. The molecule has 3 heterocycles. The standard InChI is InChI=1S/C31H39N5O2/c1-24(2)36-16-5-6-18-37-23-25-8-7-9-26(20-25)29-12-13-32-31(34-29)33-28-10-11-30(27(21-28)22-36)38-19-17-35-14-3-4-15-35/h5-13,20-21,24H,3-4,14-19,22-23H2,1-2H3,(H,32,33,34). The van der Waals surface area contributed by atoms with Crippen molar-refractivity contribution in [3.8, 4) is 17.0 Å². The van der Waals surface area contributed by atoms with E-state index in [1.165, 1.54) is 25.9 Å². The second kappa shape index (κ2) is 13.0. The minimum Gasteiger partial charge on any atom is -0.492 e. The zero-order valence-corrected chi connectivity index (χ0v) is 22.6. The molecular formula is C31H39N5O2. The highest BCUT2D eigenvalue weighted by Gasteiger charge is 2.16. The zero-order valence-electron chi connectivity index (χ0n) is 22.6. The SMILES string of the molecule is CC(C)N1CC=CCOCc2cccc(c2)-c2ccnc(n2)Nc2ccc(OCCN3CCCC3)c(c2)C1. The number of hydrogen-bond acceptors (Lipinski definition) is 7. The summed E-state index contributed by atoms with van der Waals surface area (Å²) in [5, 5.41) is 3.42. The Balaban J connectivity index is 1.43. The first kappa shape index (κ1) is 26.4. The fraction of sp³-hybridized carbons (Fsp3) is 0.419. The van der Waals surface area contributed by atoms with Crippen molar-refractivity contribution in [1.29, 1.82) is 0 Å². The number of likely N-dealkylation sites (tertiary alicyclic amines) is 1. The molecule has 7 nitrogen and oxygen atoms in total. The number of aromatic nitrogens is 2. The van der Waals surface area contributed by atoms with Gasteiger partial charge in [0.2, 0.25) is 5.95 Å². The van der Waals surface area contributed by atoms with Crippen molar-refractivity contribution in [1.82, 2.24) is 19.8 Å². The third-order valence-electron chi connectivity index (χ3n) is 7.15. The van der Waals surface area contributed by atoms with Gasteiger partial charge in [0.15, 0.2) is 0 Å². The van der Waals surface area contributed by atoms with Crippen molar-refractivity contribution in [3.05, 3.63) is 78.0 Å². The number of anilines is 2. The Morgan fingerprint density at radius 2 is 1.95 bits per heavy atom. The van der Waals surface area contributed by atoms with Gasteiger partial charge >= 0.3 is 0 Å². The molecule has 0 aliphatic carbocycles. The lowest BCUT2D eigenvalue weighted by molar-refractivity contribution is 0.148. The van der Waals surface area contributed by atoms with Crippen LogP contribution in [0.2, 0.25) is 0 Å². The second-order valence-electron chi connectivity index (χ2n) is 10.3. The fourth-order valence-electron chi connectivity index (χ4n) is 4.94. The van der Waals surface area contributed by atoms with Crippen LogP contribution in [-0.4, -0.2) is 65.2 Å². The summed E-state index contributed by atoms with van der Waals surface area (Å²) in [7, 11) is 0. The number of nitrogens with zero attached hydrogens (tertiary/aromatic N) is 4. The lowest BCUT2D eigenvalue weighted by Crippen LogP contribution is -2.31. The minimum atomic E-state index is 0.378. The molecule has 1 saturated heterocycles. The normalized spacial score (nSPS) is 17.1. The van der Waals surface area contributed by atoms with Gasteiger partial charge in [-0.2, -0.15) is 0 Å². The lowest BCUT2D eigenvalue weighted by atomic mass is 10.1. The molecule has 1 fully saturated rings. The summed E-state index contributed by atoms with van der Waals surface area (Å²) >= 11 is 0. The summed E-state index contributed by atoms with van der Waals surface area (Å²) in [6.07, 6.45) is 8.71. The van der Waals surface area contributed by atoms with Crippen molar-refractivity contribution in [3.63, 3.8) is 0 Å². The largest absolute Gasteiger partial charge is 0.492 e. The molecule has 2 aliphatic rings. The van der Waals surface area contributed by atoms with E-state index in [1.807, 2.05) is 12.1 Å². The summed E-state index contributed by atoms with van der Waals surface area (Å²) in [6, 6.07) is 17.0. The van der Waals surface area contributed by atoms with Gasteiger partial charge in [-0.05, 0) is 75.7 Å². The van der Waals surface area contributed by atoms with Crippen molar-refractivity contribution in [2.75, 3.05) is 44.7 Å². The zero-order chi connectivity index (χ0) is 26.2. The predicted molar refractivity (Wildman–Crippen MR) is 153 cm³/mol. The van der Waals surface area contributed by atoms with Gasteiger partial charge in [-0.25, -0.2) is 9.97 Å². The van der Waals surface area contributed by atoms with E-state index < -0.39 is 0 Å². The van der Waals surface area contributed by atoms with Crippen molar-refractivity contribution in [2.45, 2.75) is 45.9 Å².